The normalized spacial score (nSPS) is 18.8. The monoisotopic (exact) mass is 421 g/mol. The molecule has 0 amide bonds. The van der Waals surface area contributed by atoms with Crippen molar-refractivity contribution >= 4 is 32.5 Å². The van der Waals surface area contributed by atoms with Crippen molar-refractivity contribution < 1.29 is 4.79 Å². The zero-order valence-corrected chi connectivity index (χ0v) is 18.2. The number of hydrogen-bond acceptors (Lipinski definition) is 7. The molecule has 0 unspecified atom stereocenters. The number of pyridine rings is 2. The number of hydrogen-bond donors (Lipinski definition) is 0. The molecular formula is C23H27N5OS. The molecule has 2 saturated heterocycles. The topological polar surface area (TPSA) is 62.2 Å². The van der Waals surface area contributed by atoms with Crippen LogP contribution in [-0.4, -0.2) is 57.9 Å². The molecule has 3 aromatic rings. The number of aromatic nitrogens is 3. The van der Waals surface area contributed by atoms with Gasteiger partial charge in [0.1, 0.15) is 11.2 Å². The number of carbonyl (C=O) groups is 1. The van der Waals surface area contributed by atoms with Crippen molar-refractivity contribution in [1.29, 1.82) is 0 Å². The standard InChI is InChI=1S/C23H27N5OS/c1-16(29)19-6-5-17(14-24-19)20-13-22-21(15-25-20)26-23(30-22)28-11-7-18(8-12-28)27-9-3-2-4-10-27/h5-6,13-15,18H,2-4,7-12H2,1H3. The quantitative estimate of drug-likeness (QED) is 0.582. The number of Topliss-reactive ketones (excluding diaryl/α,β-unsaturated/α-hetero) is 1. The van der Waals surface area contributed by atoms with E-state index in [9.17, 15) is 4.79 Å². The number of nitrogens with zero attached hydrogens (tertiary/aromatic N) is 5. The fourth-order valence-electron chi connectivity index (χ4n) is 4.57. The minimum Gasteiger partial charge on any atom is -0.348 e. The van der Waals surface area contributed by atoms with Crippen molar-refractivity contribution in [3.63, 3.8) is 0 Å². The SMILES string of the molecule is CC(=O)c1ccc(-c2cc3sc(N4CCC(N5CCCCC5)CC4)nc3cn2)cn1. The van der Waals surface area contributed by atoms with Gasteiger partial charge in [0.25, 0.3) is 0 Å². The Morgan fingerprint density at radius 1 is 1.03 bits per heavy atom. The van der Waals surface area contributed by atoms with Gasteiger partial charge in [-0.15, -0.1) is 0 Å². The van der Waals surface area contributed by atoms with Gasteiger partial charge in [-0.1, -0.05) is 17.8 Å². The summed E-state index contributed by atoms with van der Waals surface area (Å²) in [6.45, 7) is 6.25. The molecule has 0 saturated carbocycles. The molecule has 0 bridgehead atoms. The zero-order valence-electron chi connectivity index (χ0n) is 17.4. The average Bonchev–Trinajstić information content (AvgIpc) is 3.23. The van der Waals surface area contributed by atoms with Crippen LogP contribution in [-0.2, 0) is 0 Å². The maximum Gasteiger partial charge on any atom is 0.186 e. The number of carbonyl (C=O) groups excluding carboxylic acids is 1. The van der Waals surface area contributed by atoms with Crippen LogP contribution in [0.1, 0.15) is 49.5 Å². The highest BCUT2D eigenvalue weighted by Gasteiger charge is 2.26. The minimum atomic E-state index is -0.0267. The van der Waals surface area contributed by atoms with Crippen molar-refractivity contribution in [2.45, 2.75) is 45.1 Å². The van der Waals surface area contributed by atoms with Crippen LogP contribution in [0.2, 0.25) is 0 Å². The molecular weight excluding hydrogens is 394 g/mol. The van der Waals surface area contributed by atoms with Gasteiger partial charge in [0.05, 0.1) is 16.6 Å². The van der Waals surface area contributed by atoms with Gasteiger partial charge in [-0.3, -0.25) is 14.8 Å². The maximum absolute atomic E-state index is 11.4. The highest BCUT2D eigenvalue weighted by Crippen LogP contribution is 2.33. The molecule has 3 aromatic heterocycles. The first-order valence-electron chi connectivity index (χ1n) is 10.9. The molecule has 30 heavy (non-hydrogen) atoms. The molecule has 7 heteroatoms. The van der Waals surface area contributed by atoms with Crippen LogP contribution in [0, 0.1) is 0 Å². The third kappa shape index (κ3) is 3.96. The van der Waals surface area contributed by atoms with Crippen LogP contribution in [0.3, 0.4) is 0 Å². The summed E-state index contributed by atoms with van der Waals surface area (Å²) < 4.78 is 1.14. The molecule has 6 nitrogen and oxygen atoms in total. The molecule has 5 heterocycles. The molecule has 2 aliphatic rings. The molecule has 0 aliphatic carbocycles. The number of likely N-dealkylation sites (tertiary alicyclic amines) is 1. The maximum atomic E-state index is 11.4. The third-order valence-electron chi connectivity index (χ3n) is 6.33. The van der Waals surface area contributed by atoms with E-state index in [0.717, 1.165) is 45.7 Å². The molecule has 5 rings (SSSR count). The second-order valence-corrected chi connectivity index (χ2v) is 9.35. The van der Waals surface area contributed by atoms with Crippen molar-refractivity contribution in [2.24, 2.45) is 0 Å². The fraction of sp³-hybridized carbons (Fsp3) is 0.478. The first-order valence-corrected chi connectivity index (χ1v) is 11.7. The fourth-order valence-corrected chi connectivity index (χ4v) is 5.60. The first-order chi connectivity index (χ1) is 14.7. The van der Waals surface area contributed by atoms with Gasteiger partial charge >= 0.3 is 0 Å². The van der Waals surface area contributed by atoms with Crippen LogP contribution in [0.25, 0.3) is 21.5 Å². The summed E-state index contributed by atoms with van der Waals surface area (Å²) >= 11 is 1.74. The van der Waals surface area contributed by atoms with Gasteiger partial charge < -0.3 is 9.80 Å². The largest absolute Gasteiger partial charge is 0.348 e. The number of piperidine rings is 2. The van der Waals surface area contributed by atoms with Crippen LogP contribution in [0.4, 0.5) is 5.13 Å². The van der Waals surface area contributed by atoms with E-state index in [1.807, 2.05) is 12.3 Å². The Morgan fingerprint density at radius 3 is 2.53 bits per heavy atom. The van der Waals surface area contributed by atoms with Crippen molar-refractivity contribution in [1.82, 2.24) is 19.9 Å². The van der Waals surface area contributed by atoms with E-state index >= 15 is 0 Å². The molecule has 0 spiro atoms. The van der Waals surface area contributed by atoms with E-state index in [1.54, 1.807) is 23.6 Å². The minimum absolute atomic E-state index is 0.0267. The molecule has 0 atom stereocenters. The van der Waals surface area contributed by atoms with Crippen molar-refractivity contribution in [3.8, 4) is 11.3 Å². The smallest absolute Gasteiger partial charge is 0.186 e. The summed E-state index contributed by atoms with van der Waals surface area (Å²) in [7, 11) is 0. The summed E-state index contributed by atoms with van der Waals surface area (Å²) in [5, 5.41) is 1.10. The lowest BCUT2D eigenvalue weighted by Crippen LogP contribution is -2.46. The van der Waals surface area contributed by atoms with E-state index in [0.29, 0.717) is 5.69 Å². The molecule has 0 N–H and O–H groups in total. The van der Waals surface area contributed by atoms with E-state index in [4.69, 9.17) is 4.98 Å². The van der Waals surface area contributed by atoms with Gasteiger partial charge in [0.2, 0.25) is 0 Å². The highest BCUT2D eigenvalue weighted by atomic mass is 32.1. The predicted molar refractivity (Wildman–Crippen MR) is 121 cm³/mol. The summed E-state index contributed by atoms with van der Waals surface area (Å²) in [5.74, 6) is -0.0267. The van der Waals surface area contributed by atoms with Gasteiger partial charge in [-0.25, -0.2) is 4.98 Å². The Bertz CT molecular complexity index is 1030. The van der Waals surface area contributed by atoms with Gasteiger partial charge in [0.15, 0.2) is 10.9 Å². The second kappa shape index (κ2) is 8.40. The Balaban J connectivity index is 1.30. The Kier molecular flexibility index (Phi) is 5.48. The zero-order chi connectivity index (χ0) is 20.5. The number of thiazole rings is 1. The molecule has 0 aromatic carbocycles. The lowest BCUT2D eigenvalue weighted by molar-refractivity contribution is 0.101. The average molecular weight is 422 g/mol. The Hall–Kier alpha value is -2.38. The third-order valence-corrected chi connectivity index (χ3v) is 7.40. The summed E-state index contributed by atoms with van der Waals surface area (Å²) in [6, 6.07) is 6.50. The number of ketones is 1. The number of anilines is 1. The first kappa shape index (κ1) is 19.6. The van der Waals surface area contributed by atoms with Crippen LogP contribution < -0.4 is 4.90 Å². The summed E-state index contributed by atoms with van der Waals surface area (Å²) in [4.78, 5) is 30.3. The number of rotatable bonds is 4. The van der Waals surface area contributed by atoms with Crippen molar-refractivity contribution in [3.05, 3.63) is 36.3 Å². The van der Waals surface area contributed by atoms with Crippen molar-refractivity contribution in [2.75, 3.05) is 31.1 Å². The van der Waals surface area contributed by atoms with E-state index < -0.39 is 0 Å². The number of fused-ring (bicyclic) bond motifs is 1. The molecule has 0 radical (unpaired) electrons. The Morgan fingerprint density at radius 2 is 1.83 bits per heavy atom. The highest BCUT2D eigenvalue weighted by molar-refractivity contribution is 7.22. The lowest BCUT2D eigenvalue weighted by Gasteiger charge is -2.40. The van der Waals surface area contributed by atoms with E-state index in [-0.39, 0.29) is 5.78 Å². The van der Waals surface area contributed by atoms with Gasteiger partial charge in [-0.2, -0.15) is 0 Å². The van der Waals surface area contributed by atoms with E-state index in [2.05, 4.69) is 25.8 Å². The van der Waals surface area contributed by atoms with Crippen LogP contribution in [0.15, 0.2) is 30.6 Å². The van der Waals surface area contributed by atoms with Crippen LogP contribution in [0.5, 0.6) is 0 Å². The predicted octanol–water partition coefficient (Wildman–Crippen LogP) is 4.41. The second-order valence-electron chi connectivity index (χ2n) is 8.34. The summed E-state index contributed by atoms with van der Waals surface area (Å²) in [6.07, 6.45) is 10.2. The lowest BCUT2D eigenvalue weighted by atomic mass is 10.0. The molecule has 2 fully saturated rings. The Labute approximate surface area is 181 Å². The molecule has 156 valence electrons. The van der Waals surface area contributed by atoms with Crippen LogP contribution >= 0.6 is 11.3 Å². The molecule has 2 aliphatic heterocycles. The van der Waals surface area contributed by atoms with Gasteiger partial charge in [0, 0.05) is 37.8 Å². The summed E-state index contributed by atoms with van der Waals surface area (Å²) in [5.41, 5.74) is 3.21. The van der Waals surface area contributed by atoms with Gasteiger partial charge in [-0.05, 0) is 57.0 Å². The van der Waals surface area contributed by atoms with E-state index in [1.165, 1.54) is 52.1 Å².